The topological polar surface area (TPSA) is 73.8 Å². The number of rotatable bonds is 7. The zero-order chi connectivity index (χ0) is 20.6. The van der Waals surface area contributed by atoms with Crippen LogP contribution < -0.4 is 10.6 Å². The van der Waals surface area contributed by atoms with Crippen LogP contribution in [0.3, 0.4) is 0 Å². The van der Waals surface area contributed by atoms with Gasteiger partial charge in [0.25, 0.3) is 0 Å². The first-order valence-electron chi connectivity index (χ1n) is 9.36. The molecule has 1 aromatic rings. The molecule has 1 aromatic carbocycles. The van der Waals surface area contributed by atoms with Crippen molar-refractivity contribution in [3.63, 3.8) is 0 Å². The van der Waals surface area contributed by atoms with Crippen LogP contribution in [0.1, 0.15) is 26.2 Å². The van der Waals surface area contributed by atoms with Crippen molar-refractivity contribution in [2.24, 2.45) is 10.9 Å². The minimum absolute atomic E-state index is 0.195. The molecule has 1 heterocycles. The van der Waals surface area contributed by atoms with Gasteiger partial charge in [-0.15, -0.1) is 0 Å². The minimum atomic E-state index is -4.21. The molecule has 10 heteroatoms. The summed E-state index contributed by atoms with van der Waals surface area (Å²) in [7, 11) is -3.49. The summed E-state index contributed by atoms with van der Waals surface area (Å²) in [6, 6.07) is 8.33. The van der Waals surface area contributed by atoms with Crippen molar-refractivity contribution in [2.45, 2.75) is 37.3 Å². The molecule has 1 saturated heterocycles. The molecule has 0 aromatic heterocycles. The lowest BCUT2D eigenvalue weighted by atomic mass is 9.98. The van der Waals surface area contributed by atoms with Gasteiger partial charge in [0.05, 0.1) is 11.3 Å². The van der Waals surface area contributed by atoms with E-state index >= 15 is 0 Å². The van der Waals surface area contributed by atoms with Gasteiger partial charge in [-0.25, -0.2) is 8.42 Å². The van der Waals surface area contributed by atoms with Crippen LogP contribution >= 0.6 is 0 Å². The highest BCUT2D eigenvalue weighted by atomic mass is 32.2. The van der Waals surface area contributed by atoms with Gasteiger partial charge in [0, 0.05) is 32.7 Å². The zero-order valence-corrected chi connectivity index (χ0v) is 16.7. The molecule has 158 valence electrons. The Hall–Kier alpha value is -1.81. The maximum atomic E-state index is 12.6. The molecule has 0 radical (unpaired) electrons. The smallest absolute Gasteiger partial charge is 0.357 e. The molecule has 6 nitrogen and oxygen atoms in total. The van der Waals surface area contributed by atoms with Crippen LogP contribution in [0.2, 0.25) is 0 Å². The van der Waals surface area contributed by atoms with Gasteiger partial charge in [-0.2, -0.15) is 17.5 Å². The highest BCUT2D eigenvalue weighted by molar-refractivity contribution is 7.89. The Bertz CT molecular complexity index is 731. The van der Waals surface area contributed by atoms with Gasteiger partial charge in [0.15, 0.2) is 5.96 Å². The molecule has 0 bridgehead atoms. The second-order valence-electron chi connectivity index (χ2n) is 6.67. The van der Waals surface area contributed by atoms with Crippen LogP contribution in [0.5, 0.6) is 0 Å². The predicted molar refractivity (Wildman–Crippen MR) is 103 cm³/mol. The van der Waals surface area contributed by atoms with E-state index in [-0.39, 0.29) is 17.4 Å². The SMILES string of the molecule is CCNC(=NCC1CCN(S(=O)(=O)c2ccccc2)CC1)NCCC(F)(F)F. The molecule has 0 saturated carbocycles. The third kappa shape index (κ3) is 6.97. The van der Waals surface area contributed by atoms with Gasteiger partial charge in [0.1, 0.15) is 0 Å². The first kappa shape index (κ1) is 22.5. The largest absolute Gasteiger partial charge is 0.390 e. The fourth-order valence-electron chi connectivity index (χ4n) is 2.96. The molecule has 0 spiro atoms. The molecule has 28 heavy (non-hydrogen) atoms. The number of sulfonamides is 1. The number of nitrogens with one attached hydrogen (secondary N) is 2. The number of nitrogens with zero attached hydrogens (tertiary/aromatic N) is 2. The van der Waals surface area contributed by atoms with Crippen molar-refractivity contribution in [1.29, 1.82) is 0 Å². The number of piperidine rings is 1. The fraction of sp³-hybridized carbons (Fsp3) is 0.611. The van der Waals surface area contributed by atoms with Crippen molar-refractivity contribution < 1.29 is 21.6 Å². The van der Waals surface area contributed by atoms with E-state index < -0.39 is 22.6 Å². The van der Waals surface area contributed by atoms with Crippen LogP contribution in [0.15, 0.2) is 40.2 Å². The number of guanidine groups is 1. The lowest BCUT2D eigenvalue weighted by Crippen LogP contribution is -2.41. The van der Waals surface area contributed by atoms with E-state index in [0.717, 1.165) is 0 Å². The predicted octanol–water partition coefficient (Wildman–Crippen LogP) is 2.59. The maximum absolute atomic E-state index is 12.6. The summed E-state index contributed by atoms with van der Waals surface area (Å²) in [5, 5.41) is 5.61. The van der Waals surface area contributed by atoms with Crippen LogP contribution in [-0.4, -0.2) is 57.6 Å². The molecule has 0 atom stereocenters. The molecular weight excluding hydrogens is 393 g/mol. The first-order chi connectivity index (χ1) is 13.2. The summed E-state index contributed by atoms with van der Waals surface area (Å²) >= 11 is 0. The number of aliphatic imine (C=N–C) groups is 1. The summed E-state index contributed by atoms with van der Waals surface area (Å²) in [5.41, 5.74) is 0. The van der Waals surface area contributed by atoms with Gasteiger partial charge >= 0.3 is 6.18 Å². The van der Waals surface area contributed by atoms with Gasteiger partial charge < -0.3 is 10.6 Å². The summed E-state index contributed by atoms with van der Waals surface area (Å²) < 4.78 is 63.6. The van der Waals surface area contributed by atoms with Gasteiger partial charge in [-0.1, -0.05) is 18.2 Å². The molecule has 1 aliphatic rings. The van der Waals surface area contributed by atoms with Crippen LogP contribution in [0.4, 0.5) is 13.2 Å². The Balaban J connectivity index is 1.85. The number of hydrogen-bond donors (Lipinski definition) is 2. The van der Waals surface area contributed by atoms with Gasteiger partial charge in [-0.3, -0.25) is 4.99 Å². The molecule has 2 rings (SSSR count). The van der Waals surface area contributed by atoms with Crippen molar-refractivity contribution in [3.8, 4) is 0 Å². The normalized spacial score (nSPS) is 17.5. The minimum Gasteiger partial charge on any atom is -0.357 e. The Morgan fingerprint density at radius 3 is 2.39 bits per heavy atom. The Kier molecular flexibility index (Phi) is 8.11. The van der Waals surface area contributed by atoms with Gasteiger partial charge in [-0.05, 0) is 37.8 Å². The van der Waals surface area contributed by atoms with E-state index in [9.17, 15) is 21.6 Å². The first-order valence-corrected chi connectivity index (χ1v) is 10.8. The van der Waals surface area contributed by atoms with Crippen LogP contribution in [0, 0.1) is 5.92 Å². The van der Waals surface area contributed by atoms with Crippen LogP contribution in [-0.2, 0) is 10.0 Å². The van der Waals surface area contributed by atoms with Crippen molar-refractivity contribution in [1.82, 2.24) is 14.9 Å². The molecule has 1 fully saturated rings. The third-order valence-electron chi connectivity index (χ3n) is 4.51. The molecule has 0 unspecified atom stereocenters. The average molecular weight is 421 g/mol. The molecular formula is C18H27F3N4O2S. The Morgan fingerprint density at radius 1 is 1.18 bits per heavy atom. The standard InChI is InChI=1S/C18H27F3N4O2S/c1-2-22-17(23-11-10-18(19,20)21)24-14-15-8-12-25(13-9-15)28(26,27)16-6-4-3-5-7-16/h3-7,15H,2,8-14H2,1H3,(H2,22,23,24). The summed E-state index contributed by atoms with van der Waals surface area (Å²) in [5.74, 6) is 0.548. The average Bonchev–Trinajstić information content (AvgIpc) is 2.66. The summed E-state index contributed by atoms with van der Waals surface area (Å²) in [4.78, 5) is 4.65. The van der Waals surface area contributed by atoms with E-state index in [2.05, 4.69) is 15.6 Å². The lowest BCUT2D eigenvalue weighted by Gasteiger charge is -2.30. The van der Waals surface area contributed by atoms with E-state index in [0.29, 0.717) is 45.0 Å². The monoisotopic (exact) mass is 420 g/mol. The maximum Gasteiger partial charge on any atom is 0.390 e. The zero-order valence-electron chi connectivity index (χ0n) is 15.9. The van der Waals surface area contributed by atoms with Gasteiger partial charge in [0.2, 0.25) is 10.0 Å². The van der Waals surface area contributed by atoms with E-state index in [4.69, 9.17) is 0 Å². The number of benzene rings is 1. The molecule has 2 N–H and O–H groups in total. The second kappa shape index (κ2) is 10.1. The highest BCUT2D eigenvalue weighted by Crippen LogP contribution is 2.24. The van der Waals surface area contributed by atoms with Crippen molar-refractivity contribution in [3.05, 3.63) is 30.3 Å². The van der Waals surface area contributed by atoms with Crippen molar-refractivity contribution in [2.75, 3.05) is 32.7 Å². The number of alkyl halides is 3. The molecule has 0 aliphatic carbocycles. The highest BCUT2D eigenvalue weighted by Gasteiger charge is 2.29. The quantitative estimate of drug-likeness (QED) is 0.525. The third-order valence-corrected chi connectivity index (χ3v) is 6.42. The molecule has 0 amide bonds. The number of hydrogen-bond acceptors (Lipinski definition) is 3. The van der Waals surface area contributed by atoms with Crippen LogP contribution in [0.25, 0.3) is 0 Å². The van der Waals surface area contributed by atoms with Crippen molar-refractivity contribution >= 4 is 16.0 Å². The summed E-state index contributed by atoms with van der Waals surface area (Å²) in [6.07, 6.45) is -3.80. The molecule has 1 aliphatic heterocycles. The van der Waals surface area contributed by atoms with E-state index in [1.807, 2.05) is 6.92 Å². The number of halogens is 3. The van der Waals surface area contributed by atoms with E-state index in [1.54, 1.807) is 30.3 Å². The Labute approximate surface area is 164 Å². The second-order valence-corrected chi connectivity index (χ2v) is 8.61. The Morgan fingerprint density at radius 2 is 1.82 bits per heavy atom. The summed E-state index contributed by atoms with van der Waals surface area (Å²) in [6.45, 7) is 3.42. The fourth-order valence-corrected chi connectivity index (χ4v) is 4.45. The van der Waals surface area contributed by atoms with E-state index in [1.165, 1.54) is 4.31 Å². The lowest BCUT2D eigenvalue weighted by molar-refractivity contribution is -0.132.